The fourth-order valence-electron chi connectivity index (χ4n) is 1.59. The molecule has 0 radical (unpaired) electrons. The third-order valence-electron chi connectivity index (χ3n) is 2.33. The van der Waals surface area contributed by atoms with Crippen molar-refractivity contribution in [2.45, 2.75) is 33.7 Å². The van der Waals surface area contributed by atoms with E-state index < -0.39 is 0 Å². The Morgan fingerprint density at radius 1 is 1.33 bits per heavy atom. The molecule has 1 rings (SSSR count). The SMILES string of the molecule is CCNCc1ccc(CC(C)C)cc1Cl. The molecule has 1 aromatic carbocycles. The van der Waals surface area contributed by atoms with Crippen molar-refractivity contribution < 1.29 is 0 Å². The quantitative estimate of drug-likeness (QED) is 0.807. The maximum Gasteiger partial charge on any atom is 0.0453 e. The van der Waals surface area contributed by atoms with Crippen molar-refractivity contribution in [3.8, 4) is 0 Å². The second kappa shape index (κ2) is 6.14. The number of benzene rings is 1. The van der Waals surface area contributed by atoms with E-state index in [-0.39, 0.29) is 0 Å². The van der Waals surface area contributed by atoms with Crippen LogP contribution >= 0.6 is 11.6 Å². The summed E-state index contributed by atoms with van der Waals surface area (Å²) in [5, 5.41) is 4.16. The van der Waals surface area contributed by atoms with Crippen LogP contribution in [0, 0.1) is 5.92 Å². The minimum atomic E-state index is 0.681. The van der Waals surface area contributed by atoms with Crippen molar-refractivity contribution in [2.75, 3.05) is 6.54 Å². The molecule has 0 aliphatic rings. The molecule has 1 N–H and O–H groups in total. The third-order valence-corrected chi connectivity index (χ3v) is 2.68. The van der Waals surface area contributed by atoms with Crippen molar-refractivity contribution in [1.29, 1.82) is 0 Å². The van der Waals surface area contributed by atoms with Gasteiger partial charge >= 0.3 is 0 Å². The lowest BCUT2D eigenvalue weighted by atomic mass is 10.0. The molecule has 1 aromatic rings. The van der Waals surface area contributed by atoms with Gasteiger partial charge in [-0.2, -0.15) is 0 Å². The van der Waals surface area contributed by atoms with Gasteiger partial charge in [-0.3, -0.25) is 0 Å². The Kier molecular flexibility index (Phi) is 5.13. The van der Waals surface area contributed by atoms with E-state index in [0.29, 0.717) is 5.92 Å². The maximum atomic E-state index is 6.21. The summed E-state index contributed by atoms with van der Waals surface area (Å²) in [7, 11) is 0. The van der Waals surface area contributed by atoms with Crippen LogP contribution in [0.5, 0.6) is 0 Å². The summed E-state index contributed by atoms with van der Waals surface area (Å²) in [5.74, 6) is 0.681. The standard InChI is InChI=1S/C13H20ClN/c1-4-15-9-12-6-5-11(7-10(2)3)8-13(12)14/h5-6,8,10,15H,4,7,9H2,1-3H3. The Morgan fingerprint density at radius 2 is 2.07 bits per heavy atom. The number of halogens is 1. The van der Waals surface area contributed by atoms with Crippen LogP contribution in [0.3, 0.4) is 0 Å². The van der Waals surface area contributed by atoms with Crippen LogP contribution in [-0.2, 0) is 13.0 Å². The zero-order chi connectivity index (χ0) is 11.3. The van der Waals surface area contributed by atoms with Gasteiger partial charge in [0.15, 0.2) is 0 Å². The summed E-state index contributed by atoms with van der Waals surface area (Å²) in [6.45, 7) is 8.38. The van der Waals surface area contributed by atoms with Crippen LogP contribution in [0.2, 0.25) is 5.02 Å². The van der Waals surface area contributed by atoms with Crippen LogP contribution in [0.25, 0.3) is 0 Å². The average molecular weight is 226 g/mol. The monoisotopic (exact) mass is 225 g/mol. The van der Waals surface area contributed by atoms with Gasteiger partial charge in [-0.15, -0.1) is 0 Å². The molecule has 0 heterocycles. The Hall–Kier alpha value is -0.530. The lowest BCUT2D eigenvalue weighted by Crippen LogP contribution is -2.12. The fourth-order valence-corrected chi connectivity index (χ4v) is 1.86. The summed E-state index contributed by atoms with van der Waals surface area (Å²) in [6, 6.07) is 6.40. The molecule has 15 heavy (non-hydrogen) atoms. The predicted molar refractivity (Wildman–Crippen MR) is 67.4 cm³/mol. The van der Waals surface area contributed by atoms with E-state index in [1.807, 2.05) is 0 Å². The molecule has 0 bridgehead atoms. The minimum Gasteiger partial charge on any atom is -0.313 e. The molecule has 0 atom stereocenters. The summed E-state index contributed by atoms with van der Waals surface area (Å²) < 4.78 is 0. The molecule has 0 saturated heterocycles. The van der Waals surface area contributed by atoms with Crippen molar-refractivity contribution >= 4 is 11.6 Å². The molecule has 0 aromatic heterocycles. The summed E-state index contributed by atoms with van der Waals surface area (Å²) in [4.78, 5) is 0. The van der Waals surface area contributed by atoms with Gasteiger partial charge in [0, 0.05) is 11.6 Å². The molecule has 84 valence electrons. The summed E-state index contributed by atoms with van der Waals surface area (Å²) >= 11 is 6.21. The van der Waals surface area contributed by atoms with Crippen LogP contribution in [-0.4, -0.2) is 6.54 Å². The summed E-state index contributed by atoms with van der Waals surface area (Å²) in [6.07, 6.45) is 1.10. The Balaban J connectivity index is 2.69. The van der Waals surface area contributed by atoms with E-state index in [0.717, 1.165) is 24.5 Å². The molecule has 0 saturated carbocycles. The van der Waals surface area contributed by atoms with Gasteiger partial charge in [0.2, 0.25) is 0 Å². The topological polar surface area (TPSA) is 12.0 Å². The normalized spacial score (nSPS) is 11.0. The molecular formula is C13H20ClN. The van der Waals surface area contributed by atoms with Gasteiger partial charge in [-0.05, 0) is 36.1 Å². The van der Waals surface area contributed by atoms with Gasteiger partial charge < -0.3 is 5.32 Å². The Morgan fingerprint density at radius 3 is 2.60 bits per heavy atom. The largest absolute Gasteiger partial charge is 0.313 e. The number of hydrogen-bond acceptors (Lipinski definition) is 1. The van der Waals surface area contributed by atoms with Crippen LogP contribution in [0.4, 0.5) is 0 Å². The Bertz CT molecular complexity index is 307. The minimum absolute atomic E-state index is 0.681. The maximum absolute atomic E-state index is 6.21. The lowest BCUT2D eigenvalue weighted by Gasteiger charge is -2.09. The van der Waals surface area contributed by atoms with Gasteiger partial charge in [0.1, 0.15) is 0 Å². The van der Waals surface area contributed by atoms with Gasteiger partial charge in [0.05, 0.1) is 0 Å². The molecule has 0 aliphatic carbocycles. The zero-order valence-electron chi connectivity index (χ0n) is 9.81. The molecule has 2 heteroatoms. The van der Waals surface area contributed by atoms with Crippen molar-refractivity contribution in [3.05, 3.63) is 34.3 Å². The van der Waals surface area contributed by atoms with Crippen LogP contribution in [0.15, 0.2) is 18.2 Å². The van der Waals surface area contributed by atoms with E-state index >= 15 is 0 Å². The van der Waals surface area contributed by atoms with Crippen LogP contribution < -0.4 is 5.32 Å². The number of nitrogens with one attached hydrogen (secondary N) is 1. The highest BCUT2D eigenvalue weighted by atomic mass is 35.5. The third kappa shape index (κ3) is 4.23. The second-order valence-corrected chi connectivity index (χ2v) is 4.71. The summed E-state index contributed by atoms with van der Waals surface area (Å²) in [5.41, 5.74) is 2.52. The first-order valence-electron chi connectivity index (χ1n) is 5.61. The van der Waals surface area contributed by atoms with Crippen LogP contribution in [0.1, 0.15) is 31.9 Å². The van der Waals surface area contributed by atoms with E-state index in [2.05, 4.69) is 44.3 Å². The molecule has 0 fully saturated rings. The number of hydrogen-bond donors (Lipinski definition) is 1. The highest BCUT2D eigenvalue weighted by Crippen LogP contribution is 2.19. The second-order valence-electron chi connectivity index (χ2n) is 4.30. The first-order valence-corrected chi connectivity index (χ1v) is 5.99. The van der Waals surface area contributed by atoms with Crippen molar-refractivity contribution in [3.63, 3.8) is 0 Å². The molecular weight excluding hydrogens is 206 g/mol. The van der Waals surface area contributed by atoms with Gasteiger partial charge in [-0.1, -0.05) is 44.5 Å². The van der Waals surface area contributed by atoms with Gasteiger partial charge in [0.25, 0.3) is 0 Å². The first-order chi connectivity index (χ1) is 7.13. The first kappa shape index (κ1) is 12.5. The molecule has 1 nitrogen and oxygen atoms in total. The predicted octanol–water partition coefficient (Wildman–Crippen LogP) is 3.65. The smallest absolute Gasteiger partial charge is 0.0453 e. The fraction of sp³-hybridized carbons (Fsp3) is 0.538. The molecule has 0 unspecified atom stereocenters. The zero-order valence-corrected chi connectivity index (χ0v) is 10.6. The highest BCUT2D eigenvalue weighted by molar-refractivity contribution is 6.31. The van der Waals surface area contributed by atoms with E-state index in [9.17, 15) is 0 Å². The molecule has 0 spiro atoms. The lowest BCUT2D eigenvalue weighted by molar-refractivity contribution is 0.646. The molecule has 0 amide bonds. The highest BCUT2D eigenvalue weighted by Gasteiger charge is 2.03. The van der Waals surface area contributed by atoms with Crippen molar-refractivity contribution in [2.24, 2.45) is 5.92 Å². The van der Waals surface area contributed by atoms with E-state index in [1.54, 1.807) is 0 Å². The number of rotatable bonds is 5. The molecule has 0 aliphatic heterocycles. The Labute approximate surface area is 97.8 Å². The van der Waals surface area contributed by atoms with Crippen molar-refractivity contribution in [1.82, 2.24) is 5.32 Å². The van der Waals surface area contributed by atoms with Gasteiger partial charge in [-0.25, -0.2) is 0 Å². The van der Waals surface area contributed by atoms with E-state index in [4.69, 9.17) is 11.6 Å². The van der Waals surface area contributed by atoms with E-state index in [1.165, 1.54) is 11.1 Å². The average Bonchev–Trinajstić information content (AvgIpc) is 2.15.